The first-order valence-corrected chi connectivity index (χ1v) is 12.5. The molecule has 1 aromatic carbocycles. The monoisotopic (exact) mass is 448 g/mol. The molecule has 0 amide bonds. The van der Waals surface area contributed by atoms with Gasteiger partial charge in [-0.25, -0.2) is 4.79 Å². The highest BCUT2D eigenvalue weighted by atomic mass is 35.5. The van der Waals surface area contributed by atoms with Gasteiger partial charge in [0.25, 0.3) is 0 Å². The van der Waals surface area contributed by atoms with Gasteiger partial charge >= 0.3 is 5.97 Å². The topological polar surface area (TPSA) is 57.5 Å². The fourth-order valence-electron chi connectivity index (χ4n) is 4.67. The number of unbranched alkanes of at least 4 members (excludes halogenated alkanes) is 2. The Labute approximate surface area is 189 Å². The van der Waals surface area contributed by atoms with Gasteiger partial charge in [-0.1, -0.05) is 50.5 Å². The van der Waals surface area contributed by atoms with Crippen LogP contribution in [0.1, 0.15) is 96.0 Å². The molecule has 0 aliphatic heterocycles. The Bertz CT molecular complexity index is 801. The smallest absolute Gasteiger partial charge is 0.345 e. The Morgan fingerprint density at radius 1 is 1.13 bits per heavy atom. The summed E-state index contributed by atoms with van der Waals surface area (Å²) in [4.78, 5) is 12.6. The van der Waals surface area contributed by atoms with E-state index in [-0.39, 0.29) is 11.5 Å². The lowest BCUT2D eigenvalue weighted by molar-refractivity contribution is 0.0702. The molecule has 2 aromatic rings. The number of carboxylic acids is 1. The lowest BCUT2D eigenvalue weighted by Gasteiger charge is -2.23. The maximum absolute atomic E-state index is 11.0. The van der Waals surface area contributed by atoms with Crippen LogP contribution in [0.2, 0.25) is 0 Å². The van der Waals surface area contributed by atoms with E-state index in [2.05, 4.69) is 31.2 Å². The standard InChI is InChI=1S/C25H33ClO3S/c1-2-3-4-8-23(27)18-11-9-17(10-12-18)20-14-15-22(26)21(20)7-5-6-19-13-16-24(30-19)25(28)29/h9-13,16,20-23,27H,2-8,14-15H2,1H3,(H,28,29). The van der Waals surface area contributed by atoms with Gasteiger partial charge in [0.05, 0.1) is 6.10 Å². The van der Waals surface area contributed by atoms with Crippen molar-refractivity contribution in [3.05, 3.63) is 57.3 Å². The molecule has 1 fully saturated rings. The van der Waals surface area contributed by atoms with Crippen molar-refractivity contribution in [3.63, 3.8) is 0 Å². The summed E-state index contributed by atoms with van der Waals surface area (Å²) in [5, 5.41) is 19.7. The van der Waals surface area contributed by atoms with Crippen molar-refractivity contribution in [2.24, 2.45) is 5.92 Å². The highest BCUT2D eigenvalue weighted by Gasteiger charge is 2.35. The quantitative estimate of drug-likeness (QED) is 0.282. The van der Waals surface area contributed by atoms with Gasteiger partial charge in [0.2, 0.25) is 0 Å². The highest BCUT2D eigenvalue weighted by molar-refractivity contribution is 7.13. The number of aliphatic hydroxyl groups excluding tert-OH is 1. The molecule has 3 rings (SSSR count). The van der Waals surface area contributed by atoms with Gasteiger partial charge < -0.3 is 10.2 Å². The first-order chi connectivity index (χ1) is 14.5. The van der Waals surface area contributed by atoms with E-state index in [1.54, 1.807) is 6.07 Å². The third-order valence-electron chi connectivity index (χ3n) is 6.40. The second-order valence-corrected chi connectivity index (χ2v) is 10.2. The van der Waals surface area contributed by atoms with Crippen molar-refractivity contribution in [1.82, 2.24) is 0 Å². The first-order valence-electron chi connectivity index (χ1n) is 11.2. The minimum absolute atomic E-state index is 0.201. The minimum atomic E-state index is -0.846. The molecule has 0 spiro atoms. The minimum Gasteiger partial charge on any atom is -0.477 e. The Morgan fingerprint density at radius 2 is 1.90 bits per heavy atom. The van der Waals surface area contributed by atoms with Gasteiger partial charge in [-0.2, -0.15) is 0 Å². The highest BCUT2D eigenvalue weighted by Crippen LogP contribution is 2.45. The Hall–Kier alpha value is -1.36. The van der Waals surface area contributed by atoms with Crippen molar-refractivity contribution in [2.45, 2.75) is 82.1 Å². The van der Waals surface area contributed by atoms with Gasteiger partial charge in [-0.05, 0) is 73.6 Å². The molecule has 164 valence electrons. The number of carbonyl (C=O) groups is 1. The summed E-state index contributed by atoms with van der Waals surface area (Å²) < 4.78 is 0. The predicted octanol–water partition coefficient (Wildman–Crippen LogP) is 7.18. The normalized spacial score (nSPS) is 22.3. The second kappa shape index (κ2) is 11.3. The van der Waals surface area contributed by atoms with Gasteiger partial charge in [0.1, 0.15) is 4.88 Å². The third-order valence-corrected chi connectivity index (χ3v) is 8.07. The van der Waals surface area contributed by atoms with E-state index in [1.165, 1.54) is 29.7 Å². The molecule has 1 aromatic heterocycles. The van der Waals surface area contributed by atoms with Crippen LogP contribution in [0.25, 0.3) is 0 Å². The molecule has 1 aliphatic carbocycles. The van der Waals surface area contributed by atoms with Crippen molar-refractivity contribution in [3.8, 4) is 0 Å². The van der Waals surface area contributed by atoms with E-state index >= 15 is 0 Å². The number of thiophene rings is 1. The van der Waals surface area contributed by atoms with Crippen LogP contribution in [0, 0.1) is 5.92 Å². The summed E-state index contributed by atoms with van der Waals surface area (Å²) in [6.45, 7) is 2.18. The number of aliphatic hydroxyl groups is 1. The van der Waals surface area contributed by atoms with Crippen LogP contribution in [0.4, 0.5) is 0 Å². The van der Waals surface area contributed by atoms with Crippen LogP contribution in [0.5, 0.6) is 0 Å². The van der Waals surface area contributed by atoms with Crippen LogP contribution in [-0.2, 0) is 6.42 Å². The zero-order valence-electron chi connectivity index (χ0n) is 17.7. The third kappa shape index (κ3) is 6.09. The van der Waals surface area contributed by atoms with Crippen LogP contribution >= 0.6 is 22.9 Å². The summed E-state index contributed by atoms with van der Waals surface area (Å²) >= 11 is 8.06. The second-order valence-electron chi connectivity index (χ2n) is 8.51. The fraction of sp³-hybridized carbons (Fsp3) is 0.560. The van der Waals surface area contributed by atoms with Gasteiger partial charge in [0.15, 0.2) is 0 Å². The molecule has 30 heavy (non-hydrogen) atoms. The number of hydrogen-bond donors (Lipinski definition) is 2. The van der Waals surface area contributed by atoms with E-state index in [9.17, 15) is 9.90 Å². The van der Waals surface area contributed by atoms with Gasteiger partial charge in [0, 0.05) is 10.3 Å². The lowest BCUT2D eigenvalue weighted by Crippen LogP contribution is -2.14. The van der Waals surface area contributed by atoms with Gasteiger partial charge in [-0.15, -0.1) is 22.9 Å². The van der Waals surface area contributed by atoms with E-state index in [4.69, 9.17) is 16.7 Å². The van der Waals surface area contributed by atoms with E-state index < -0.39 is 5.97 Å². The average Bonchev–Trinajstić information content (AvgIpc) is 3.36. The Balaban J connectivity index is 1.55. The summed E-state index contributed by atoms with van der Waals surface area (Å²) in [5.41, 5.74) is 2.34. The number of alkyl halides is 1. The number of rotatable bonds is 11. The lowest BCUT2D eigenvalue weighted by atomic mass is 9.85. The van der Waals surface area contributed by atoms with E-state index in [1.807, 2.05) is 6.07 Å². The zero-order chi connectivity index (χ0) is 21.5. The predicted molar refractivity (Wildman–Crippen MR) is 125 cm³/mol. The maximum Gasteiger partial charge on any atom is 0.345 e. The van der Waals surface area contributed by atoms with Crippen molar-refractivity contribution >= 4 is 28.9 Å². The number of aryl methyl sites for hydroxylation is 1. The van der Waals surface area contributed by atoms with Crippen molar-refractivity contribution < 1.29 is 15.0 Å². The number of carboxylic acid groups (broad SMARTS) is 1. The average molecular weight is 449 g/mol. The molecule has 4 atom stereocenters. The van der Waals surface area contributed by atoms with Crippen LogP contribution in [0.3, 0.4) is 0 Å². The molecule has 4 unspecified atom stereocenters. The SMILES string of the molecule is CCCCCC(O)c1ccc(C2CCC(Cl)C2CCCc2ccc(C(=O)O)s2)cc1. The van der Waals surface area contributed by atoms with Crippen molar-refractivity contribution in [1.29, 1.82) is 0 Å². The molecule has 1 aliphatic rings. The van der Waals surface area contributed by atoms with E-state index in [0.29, 0.717) is 16.7 Å². The number of aromatic carboxylic acids is 1. The molecule has 0 radical (unpaired) electrons. The number of benzene rings is 1. The Kier molecular flexibility index (Phi) is 8.79. The van der Waals surface area contributed by atoms with Gasteiger partial charge in [-0.3, -0.25) is 0 Å². The van der Waals surface area contributed by atoms with Crippen LogP contribution in [-0.4, -0.2) is 21.6 Å². The first kappa shape index (κ1) is 23.3. The number of halogens is 1. The molecular formula is C25H33ClO3S. The molecule has 1 heterocycles. The molecule has 1 saturated carbocycles. The molecule has 5 heteroatoms. The van der Waals surface area contributed by atoms with Crippen LogP contribution in [0.15, 0.2) is 36.4 Å². The molecule has 0 saturated heterocycles. The molecule has 2 N–H and O–H groups in total. The fourth-order valence-corrected chi connectivity index (χ4v) is 5.99. The Morgan fingerprint density at radius 3 is 2.57 bits per heavy atom. The zero-order valence-corrected chi connectivity index (χ0v) is 19.3. The summed E-state index contributed by atoms with van der Waals surface area (Å²) in [6.07, 6.45) is 9.01. The molecule has 3 nitrogen and oxygen atoms in total. The van der Waals surface area contributed by atoms with Crippen molar-refractivity contribution in [2.75, 3.05) is 0 Å². The molecule has 0 bridgehead atoms. The largest absolute Gasteiger partial charge is 0.477 e. The van der Waals surface area contributed by atoms with E-state index in [0.717, 1.165) is 55.4 Å². The summed E-state index contributed by atoms with van der Waals surface area (Å²) in [7, 11) is 0. The maximum atomic E-state index is 11.0. The number of hydrogen-bond acceptors (Lipinski definition) is 3. The van der Waals surface area contributed by atoms with Crippen LogP contribution < -0.4 is 0 Å². The summed E-state index contributed by atoms with van der Waals surface area (Å²) in [6, 6.07) is 12.2. The molecular weight excluding hydrogens is 416 g/mol. The summed E-state index contributed by atoms with van der Waals surface area (Å²) in [5.74, 6) is 0.0736.